The normalized spacial score (nSPS) is 14.1. The van der Waals surface area contributed by atoms with Crippen LogP contribution in [0.5, 0.6) is 0 Å². The number of anilines is 7. The number of aryl methyl sites for hydroxylation is 2. The summed E-state index contributed by atoms with van der Waals surface area (Å²) in [5.74, 6) is 0.327. The van der Waals surface area contributed by atoms with E-state index in [9.17, 15) is 0 Å². The average molecular weight is 828 g/mol. The summed E-state index contributed by atoms with van der Waals surface area (Å²) < 4.78 is 14.0. The third-order valence-corrected chi connectivity index (χ3v) is 13.9. The van der Waals surface area contributed by atoms with Gasteiger partial charge in [-0.1, -0.05) is 135 Å². The number of para-hydroxylation sites is 4. The van der Waals surface area contributed by atoms with Crippen LogP contribution in [0, 0.1) is 13.8 Å². The van der Waals surface area contributed by atoms with E-state index in [1.807, 2.05) is 0 Å². The van der Waals surface area contributed by atoms with Crippen molar-refractivity contribution < 1.29 is 8.83 Å². The smallest absolute Gasteiger partial charge is 0.159 e. The standard InChI is InChI=1S/C59H45N3O2/c1-33(2)41-10-6-12-43-45-14-8-16-52(58(45)63-56(41)43)61(39-25-18-34(3)19-26-39)50-30-23-37-22-29-48-51(31-24-38-21-28-47(50)54(37)55(38)48)62-40-27-20-35(4)49(32-40)60-36(5)42-11-7-13-44-46-15-9-17-53(62)59(46)64-57(42)44/h6-33,36,60H,1-5H3. The summed E-state index contributed by atoms with van der Waals surface area (Å²) in [6.07, 6.45) is 0. The monoisotopic (exact) mass is 827 g/mol. The molecular weight excluding hydrogens is 783 g/mol. The Labute approximate surface area is 371 Å². The summed E-state index contributed by atoms with van der Waals surface area (Å²) >= 11 is 0. The highest BCUT2D eigenvalue weighted by atomic mass is 16.3. The van der Waals surface area contributed by atoms with Crippen LogP contribution in [0.25, 0.3) is 76.2 Å². The molecule has 1 atom stereocenters. The Balaban J connectivity index is 1.08. The van der Waals surface area contributed by atoms with Gasteiger partial charge in [-0.3, -0.25) is 0 Å². The molecule has 1 aliphatic heterocycles. The summed E-state index contributed by atoms with van der Waals surface area (Å²) in [7, 11) is 0. The summed E-state index contributed by atoms with van der Waals surface area (Å²) in [4.78, 5) is 4.81. The molecule has 5 heteroatoms. The fourth-order valence-electron chi connectivity index (χ4n) is 10.7. The molecule has 5 nitrogen and oxygen atoms in total. The van der Waals surface area contributed by atoms with Gasteiger partial charge in [0.2, 0.25) is 0 Å². The molecule has 4 bridgehead atoms. The number of fused-ring (bicyclic) bond motifs is 6. The van der Waals surface area contributed by atoms with E-state index >= 15 is 0 Å². The van der Waals surface area contributed by atoms with E-state index in [1.54, 1.807) is 0 Å². The molecule has 0 saturated carbocycles. The zero-order valence-electron chi connectivity index (χ0n) is 36.5. The van der Waals surface area contributed by atoms with E-state index in [1.165, 1.54) is 49.0 Å². The lowest BCUT2D eigenvalue weighted by Crippen LogP contribution is -2.13. The van der Waals surface area contributed by atoms with Crippen molar-refractivity contribution in [2.24, 2.45) is 0 Å². The van der Waals surface area contributed by atoms with Gasteiger partial charge in [0.1, 0.15) is 11.2 Å². The average Bonchev–Trinajstić information content (AvgIpc) is 3.90. The highest BCUT2D eigenvalue weighted by Gasteiger charge is 2.27. The minimum absolute atomic E-state index is 0.0350. The molecule has 64 heavy (non-hydrogen) atoms. The molecule has 308 valence electrons. The second-order valence-electron chi connectivity index (χ2n) is 18.1. The first-order valence-electron chi connectivity index (χ1n) is 22.4. The molecule has 13 rings (SSSR count). The van der Waals surface area contributed by atoms with E-state index in [4.69, 9.17) is 8.83 Å². The zero-order valence-corrected chi connectivity index (χ0v) is 36.5. The number of nitrogens with zero attached hydrogens (tertiary/aromatic N) is 2. The molecule has 0 saturated heterocycles. The third-order valence-electron chi connectivity index (χ3n) is 13.9. The number of nitrogens with one attached hydrogen (secondary N) is 1. The molecule has 0 radical (unpaired) electrons. The van der Waals surface area contributed by atoms with Crippen molar-refractivity contribution in [3.8, 4) is 0 Å². The maximum atomic E-state index is 7.01. The van der Waals surface area contributed by atoms with Gasteiger partial charge in [0.05, 0.1) is 28.8 Å². The van der Waals surface area contributed by atoms with Crippen molar-refractivity contribution in [1.82, 2.24) is 0 Å². The lowest BCUT2D eigenvalue weighted by molar-refractivity contribution is 0.657. The van der Waals surface area contributed by atoms with Crippen molar-refractivity contribution in [2.75, 3.05) is 15.1 Å². The van der Waals surface area contributed by atoms with Crippen LogP contribution in [-0.2, 0) is 0 Å². The van der Waals surface area contributed by atoms with Gasteiger partial charge in [-0.05, 0) is 108 Å². The predicted octanol–water partition coefficient (Wildman–Crippen LogP) is 17.5. The Hall–Kier alpha value is -7.76. The number of benzene rings is 10. The number of rotatable bonds is 5. The highest BCUT2D eigenvalue weighted by Crippen LogP contribution is 2.51. The molecule has 2 aromatic heterocycles. The Bertz CT molecular complexity index is 3850. The van der Waals surface area contributed by atoms with Gasteiger partial charge in [-0.25, -0.2) is 0 Å². The topological polar surface area (TPSA) is 44.8 Å². The van der Waals surface area contributed by atoms with Gasteiger partial charge in [-0.2, -0.15) is 0 Å². The molecular formula is C59H45N3O2. The Morgan fingerprint density at radius 2 is 1.17 bits per heavy atom. The van der Waals surface area contributed by atoms with Gasteiger partial charge in [0, 0.05) is 54.9 Å². The summed E-state index contributed by atoms with van der Waals surface area (Å²) in [5, 5.41) is 15.6. The Morgan fingerprint density at radius 1 is 0.531 bits per heavy atom. The van der Waals surface area contributed by atoms with E-state index in [-0.39, 0.29) is 6.04 Å². The van der Waals surface area contributed by atoms with Crippen molar-refractivity contribution in [2.45, 2.75) is 46.6 Å². The lowest BCUT2D eigenvalue weighted by atomic mass is 9.91. The van der Waals surface area contributed by atoms with Gasteiger partial charge in [0.15, 0.2) is 11.2 Å². The van der Waals surface area contributed by atoms with Crippen molar-refractivity contribution in [3.05, 3.63) is 186 Å². The summed E-state index contributed by atoms with van der Waals surface area (Å²) in [5.41, 5.74) is 15.8. The van der Waals surface area contributed by atoms with Crippen LogP contribution in [-0.4, -0.2) is 0 Å². The second-order valence-corrected chi connectivity index (χ2v) is 18.1. The fourth-order valence-corrected chi connectivity index (χ4v) is 10.7. The number of furan rings is 2. The zero-order chi connectivity index (χ0) is 43.0. The molecule has 1 aliphatic rings. The van der Waals surface area contributed by atoms with Crippen molar-refractivity contribution >= 4 is 116 Å². The van der Waals surface area contributed by atoms with Crippen LogP contribution in [0.1, 0.15) is 55.0 Å². The van der Waals surface area contributed by atoms with Crippen LogP contribution >= 0.6 is 0 Å². The molecule has 0 aliphatic carbocycles. The van der Waals surface area contributed by atoms with E-state index in [0.29, 0.717) is 5.92 Å². The molecule has 0 fully saturated rings. The van der Waals surface area contributed by atoms with Gasteiger partial charge in [0.25, 0.3) is 0 Å². The Kier molecular flexibility index (Phi) is 7.84. The maximum absolute atomic E-state index is 7.01. The fraction of sp³-hybridized carbons (Fsp3) is 0.119. The van der Waals surface area contributed by atoms with Gasteiger partial charge < -0.3 is 24.0 Å². The number of hydrogen-bond donors (Lipinski definition) is 1. The first kappa shape index (κ1) is 36.9. The van der Waals surface area contributed by atoms with E-state index in [0.717, 1.165) is 89.3 Å². The van der Waals surface area contributed by atoms with Crippen LogP contribution in [0.4, 0.5) is 39.8 Å². The molecule has 1 N–H and O–H groups in total. The highest BCUT2D eigenvalue weighted by molar-refractivity contribution is 6.29. The first-order valence-corrected chi connectivity index (χ1v) is 22.4. The number of hydrogen-bond acceptors (Lipinski definition) is 5. The van der Waals surface area contributed by atoms with Crippen molar-refractivity contribution in [3.63, 3.8) is 0 Å². The van der Waals surface area contributed by atoms with Crippen LogP contribution in [0.2, 0.25) is 0 Å². The van der Waals surface area contributed by atoms with E-state index < -0.39 is 0 Å². The molecule has 1 unspecified atom stereocenters. The first-order chi connectivity index (χ1) is 31.3. The van der Waals surface area contributed by atoms with Crippen LogP contribution in [0.15, 0.2) is 173 Å². The quantitative estimate of drug-likeness (QED) is 0.175. The van der Waals surface area contributed by atoms with Gasteiger partial charge >= 0.3 is 0 Å². The maximum Gasteiger partial charge on any atom is 0.159 e. The minimum Gasteiger partial charge on any atom is -0.454 e. The summed E-state index contributed by atoms with van der Waals surface area (Å²) in [6, 6.07) is 60.3. The predicted molar refractivity (Wildman–Crippen MR) is 270 cm³/mol. The van der Waals surface area contributed by atoms with E-state index in [2.05, 4.69) is 214 Å². The molecule has 3 heterocycles. The third kappa shape index (κ3) is 5.24. The molecule has 12 aromatic rings. The minimum atomic E-state index is 0.0350. The molecule has 0 amide bonds. The second kappa shape index (κ2) is 13.6. The van der Waals surface area contributed by atoms with Crippen LogP contribution < -0.4 is 15.1 Å². The van der Waals surface area contributed by atoms with Crippen LogP contribution in [0.3, 0.4) is 0 Å². The van der Waals surface area contributed by atoms with Gasteiger partial charge in [-0.15, -0.1) is 0 Å². The summed E-state index contributed by atoms with van der Waals surface area (Å²) in [6.45, 7) is 11.0. The largest absolute Gasteiger partial charge is 0.454 e. The van der Waals surface area contributed by atoms with Crippen molar-refractivity contribution in [1.29, 1.82) is 0 Å². The SMILES string of the molecule is Cc1ccc(N(c2ccc3ccc4c(N5c6ccc(C)c(c6)NC(C)c6cccc7c6oc6c5cccc67)ccc5ccc2c3c54)c2cccc3c2oc2c(C(C)C)cccc23)cc1. The molecule has 10 aromatic carbocycles. The molecule has 0 spiro atoms. The Morgan fingerprint density at radius 3 is 1.97 bits per heavy atom. The lowest BCUT2D eigenvalue weighted by Gasteiger charge is -2.30.